The number of amides is 1. The molecule has 1 aromatic heterocycles. The highest BCUT2D eigenvalue weighted by atomic mass is 16.2. The summed E-state index contributed by atoms with van der Waals surface area (Å²) in [5.41, 5.74) is 6.18. The lowest BCUT2D eigenvalue weighted by atomic mass is 10.0. The number of nitrogens with two attached hydrogens (primary N) is 1. The number of H-pyrrole nitrogens is 1. The molecule has 0 aliphatic rings. The molecule has 0 aliphatic heterocycles. The highest BCUT2D eigenvalue weighted by Crippen LogP contribution is 2.14. The summed E-state index contributed by atoms with van der Waals surface area (Å²) in [4.78, 5) is 16.2. The van der Waals surface area contributed by atoms with Crippen LogP contribution in [0.3, 0.4) is 0 Å². The second-order valence-corrected chi connectivity index (χ2v) is 4.19. The number of hydrogen-bond acceptors (Lipinski definition) is 2. The molecule has 4 nitrogen and oxygen atoms in total. The number of nitrogens with zero attached hydrogens (tertiary/aromatic N) is 1. The predicted octanol–water partition coefficient (Wildman–Crippen LogP) is 1.10. The van der Waals surface area contributed by atoms with Crippen LogP contribution in [-0.2, 0) is 4.79 Å². The molecular weight excluding hydrogens is 178 g/mol. The summed E-state index contributed by atoms with van der Waals surface area (Å²) in [5.74, 6) is 0.0251. The van der Waals surface area contributed by atoms with Gasteiger partial charge in [0.2, 0.25) is 5.91 Å². The highest BCUT2D eigenvalue weighted by Gasteiger charge is 2.20. The molecule has 14 heavy (non-hydrogen) atoms. The molecule has 0 atom stereocenters. The van der Waals surface area contributed by atoms with Crippen molar-refractivity contribution in [3.63, 3.8) is 0 Å². The van der Waals surface area contributed by atoms with Gasteiger partial charge in [-0.15, -0.1) is 0 Å². The Bertz CT molecular complexity index is 298. The molecule has 4 heteroatoms. The number of nitrogens with one attached hydrogen (secondary N) is 1. The lowest BCUT2D eigenvalue weighted by Crippen LogP contribution is -2.39. The summed E-state index contributed by atoms with van der Waals surface area (Å²) in [6.45, 7) is 3.69. The molecule has 1 rings (SSSR count). The van der Waals surface area contributed by atoms with Gasteiger partial charge < -0.3 is 15.6 Å². The molecule has 1 amide bonds. The topological polar surface area (TPSA) is 62.1 Å². The molecule has 0 aromatic carbocycles. The van der Waals surface area contributed by atoms with Crippen LogP contribution in [0, 0.1) is 0 Å². The van der Waals surface area contributed by atoms with Crippen LogP contribution >= 0.6 is 0 Å². The van der Waals surface area contributed by atoms with Gasteiger partial charge in [0.1, 0.15) is 0 Å². The number of rotatable bonds is 3. The van der Waals surface area contributed by atoms with Gasteiger partial charge in [0.25, 0.3) is 0 Å². The van der Waals surface area contributed by atoms with Gasteiger partial charge in [0.15, 0.2) is 0 Å². The van der Waals surface area contributed by atoms with E-state index < -0.39 is 5.54 Å². The molecule has 0 bridgehead atoms. The molecule has 78 valence electrons. The van der Waals surface area contributed by atoms with E-state index in [1.165, 1.54) is 0 Å². The second kappa shape index (κ2) is 3.84. The van der Waals surface area contributed by atoms with Gasteiger partial charge in [-0.3, -0.25) is 4.79 Å². The Morgan fingerprint density at radius 3 is 2.71 bits per heavy atom. The van der Waals surface area contributed by atoms with Gasteiger partial charge in [0.05, 0.1) is 5.69 Å². The second-order valence-electron chi connectivity index (χ2n) is 4.19. The lowest BCUT2D eigenvalue weighted by Gasteiger charge is -2.22. The van der Waals surface area contributed by atoms with Crippen LogP contribution in [-0.4, -0.2) is 23.5 Å². The molecule has 0 fully saturated rings. The fourth-order valence-corrected chi connectivity index (χ4v) is 1.18. The largest absolute Gasteiger partial charge is 0.366 e. The molecule has 0 aliphatic carbocycles. The van der Waals surface area contributed by atoms with Crippen LogP contribution in [0.5, 0.6) is 0 Å². The summed E-state index contributed by atoms with van der Waals surface area (Å²) in [5, 5.41) is 0. The minimum absolute atomic E-state index is 0.0251. The number of carbonyl (C=O) groups is 1. The lowest BCUT2D eigenvalue weighted by molar-refractivity contribution is -0.119. The smallest absolute Gasteiger partial charge is 0.228 e. The van der Waals surface area contributed by atoms with Gasteiger partial charge in [-0.05, 0) is 19.9 Å². The van der Waals surface area contributed by atoms with Crippen LogP contribution in [0.2, 0.25) is 0 Å². The fraction of sp³-hybridized carbons (Fsp3) is 0.500. The van der Waals surface area contributed by atoms with Crippen molar-refractivity contribution >= 4 is 11.6 Å². The van der Waals surface area contributed by atoms with E-state index in [0.29, 0.717) is 6.42 Å². The van der Waals surface area contributed by atoms with Crippen molar-refractivity contribution in [2.24, 2.45) is 5.73 Å². The summed E-state index contributed by atoms with van der Waals surface area (Å²) < 4.78 is 0. The Labute approximate surface area is 84.1 Å². The van der Waals surface area contributed by atoms with Crippen molar-refractivity contribution in [2.45, 2.75) is 25.8 Å². The minimum Gasteiger partial charge on any atom is -0.366 e. The van der Waals surface area contributed by atoms with E-state index in [1.54, 1.807) is 24.3 Å². The maximum absolute atomic E-state index is 11.7. The van der Waals surface area contributed by atoms with E-state index in [-0.39, 0.29) is 5.91 Å². The van der Waals surface area contributed by atoms with Crippen molar-refractivity contribution < 1.29 is 4.79 Å². The van der Waals surface area contributed by atoms with Gasteiger partial charge >= 0.3 is 0 Å². The van der Waals surface area contributed by atoms with E-state index in [4.69, 9.17) is 5.73 Å². The molecule has 0 saturated heterocycles. The van der Waals surface area contributed by atoms with Crippen molar-refractivity contribution in [1.29, 1.82) is 0 Å². The predicted molar refractivity (Wildman–Crippen MR) is 57.1 cm³/mol. The zero-order valence-electron chi connectivity index (χ0n) is 8.87. The third kappa shape index (κ3) is 2.88. The Balaban J connectivity index is 2.63. The Morgan fingerprint density at radius 1 is 1.64 bits per heavy atom. The van der Waals surface area contributed by atoms with E-state index >= 15 is 0 Å². The number of hydrogen-bond donors (Lipinski definition) is 2. The summed E-state index contributed by atoms with van der Waals surface area (Å²) in [6.07, 6.45) is 3.91. The Kier molecular flexibility index (Phi) is 2.96. The minimum atomic E-state index is -0.457. The molecule has 0 unspecified atom stereocenters. The average molecular weight is 195 g/mol. The molecule has 0 spiro atoms. The number of anilines is 1. The van der Waals surface area contributed by atoms with Crippen LogP contribution in [0.15, 0.2) is 18.5 Å². The standard InChI is InChI=1S/C10H17N3O/c1-10(2,11)6-9(14)13(3)8-4-5-12-7-8/h4-5,7,12H,6,11H2,1-3H3. The molecule has 0 radical (unpaired) electrons. The average Bonchev–Trinajstić information content (AvgIpc) is 2.51. The SMILES string of the molecule is CN(C(=O)CC(C)(C)N)c1cc[nH]c1. The number of carbonyl (C=O) groups excluding carboxylic acids is 1. The molecule has 0 saturated carbocycles. The third-order valence-electron chi connectivity index (χ3n) is 1.95. The van der Waals surface area contributed by atoms with Crippen molar-refractivity contribution in [2.75, 3.05) is 11.9 Å². The van der Waals surface area contributed by atoms with E-state index in [1.807, 2.05) is 19.9 Å². The first-order chi connectivity index (χ1) is 6.40. The molecule has 1 heterocycles. The van der Waals surface area contributed by atoms with E-state index in [0.717, 1.165) is 5.69 Å². The van der Waals surface area contributed by atoms with Gasteiger partial charge in [-0.1, -0.05) is 0 Å². The monoisotopic (exact) mass is 195 g/mol. The van der Waals surface area contributed by atoms with Gasteiger partial charge in [-0.2, -0.15) is 0 Å². The Morgan fingerprint density at radius 2 is 2.29 bits per heavy atom. The normalized spacial score (nSPS) is 11.4. The number of aromatic nitrogens is 1. The van der Waals surface area contributed by atoms with Crippen LogP contribution in [0.1, 0.15) is 20.3 Å². The van der Waals surface area contributed by atoms with Crippen LogP contribution in [0.4, 0.5) is 5.69 Å². The van der Waals surface area contributed by atoms with Crippen LogP contribution in [0.25, 0.3) is 0 Å². The maximum atomic E-state index is 11.7. The summed E-state index contributed by atoms with van der Waals surface area (Å²) in [6, 6.07) is 1.85. The fourth-order valence-electron chi connectivity index (χ4n) is 1.18. The molecule has 1 aromatic rings. The maximum Gasteiger partial charge on any atom is 0.228 e. The molecular formula is C10H17N3O. The third-order valence-corrected chi connectivity index (χ3v) is 1.95. The van der Waals surface area contributed by atoms with Crippen molar-refractivity contribution in [3.05, 3.63) is 18.5 Å². The van der Waals surface area contributed by atoms with Crippen molar-refractivity contribution in [1.82, 2.24) is 4.98 Å². The first-order valence-electron chi connectivity index (χ1n) is 4.58. The molecule has 3 N–H and O–H groups in total. The van der Waals surface area contributed by atoms with E-state index in [9.17, 15) is 4.79 Å². The number of aromatic amines is 1. The van der Waals surface area contributed by atoms with E-state index in [2.05, 4.69) is 4.98 Å². The zero-order chi connectivity index (χ0) is 10.8. The van der Waals surface area contributed by atoms with Gasteiger partial charge in [0, 0.05) is 31.4 Å². The van der Waals surface area contributed by atoms with Gasteiger partial charge in [-0.25, -0.2) is 0 Å². The summed E-state index contributed by atoms with van der Waals surface area (Å²) >= 11 is 0. The zero-order valence-corrected chi connectivity index (χ0v) is 8.87. The first kappa shape index (κ1) is 10.8. The first-order valence-corrected chi connectivity index (χ1v) is 4.58. The quantitative estimate of drug-likeness (QED) is 0.758. The van der Waals surface area contributed by atoms with Crippen LogP contribution < -0.4 is 10.6 Å². The Hall–Kier alpha value is -1.29. The summed E-state index contributed by atoms with van der Waals surface area (Å²) in [7, 11) is 1.75. The van der Waals surface area contributed by atoms with Crippen molar-refractivity contribution in [3.8, 4) is 0 Å². The highest BCUT2D eigenvalue weighted by molar-refractivity contribution is 5.93.